The number of nitrogens with zero attached hydrogens (tertiary/aromatic N) is 2. The standard InChI is InChI=1S/C21H26N2O7S/c1-14-21(2,3)16-13-15(31-30-29-27)8-9-17(16)22(14)12-6-4-5-7-20(26)28-23-18(24)10-11-19(23)25/h8-11,13H,4-7,12H2,1-3H3,(H2-,24,25,27)/p+1. The number of benzene rings is 1. The van der Waals surface area contributed by atoms with E-state index in [9.17, 15) is 15.0 Å². The molecule has 0 saturated heterocycles. The molecule has 10 heteroatoms. The van der Waals surface area contributed by atoms with E-state index in [-0.39, 0.29) is 23.6 Å². The Balaban J connectivity index is 1.53. The molecule has 2 heterocycles. The number of aromatic hydroxyl groups is 2. The van der Waals surface area contributed by atoms with Crippen LogP contribution in [0, 0.1) is 0 Å². The Hall–Kier alpha value is -2.53. The summed E-state index contributed by atoms with van der Waals surface area (Å²) < 4.78 is 7.54. The van der Waals surface area contributed by atoms with Crippen molar-refractivity contribution >= 4 is 29.4 Å². The topological polar surface area (TPSA) is 113 Å². The molecule has 3 rings (SSSR count). The van der Waals surface area contributed by atoms with Gasteiger partial charge in [-0.05, 0) is 38.8 Å². The average Bonchev–Trinajstić information content (AvgIpc) is 3.15. The predicted molar refractivity (Wildman–Crippen MR) is 113 cm³/mol. The molecule has 0 spiro atoms. The van der Waals surface area contributed by atoms with E-state index in [0.717, 1.165) is 42.0 Å². The zero-order chi connectivity index (χ0) is 22.6. The average molecular weight is 452 g/mol. The lowest BCUT2D eigenvalue weighted by atomic mass is 9.82. The molecule has 0 aliphatic carbocycles. The Labute approximate surface area is 184 Å². The van der Waals surface area contributed by atoms with Crippen molar-refractivity contribution in [2.45, 2.75) is 56.8 Å². The van der Waals surface area contributed by atoms with Crippen molar-refractivity contribution in [1.29, 1.82) is 0 Å². The van der Waals surface area contributed by atoms with Gasteiger partial charge in [0.1, 0.15) is 6.54 Å². The predicted octanol–water partition coefficient (Wildman–Crippen LogP) is 3.94. The van der Waals surface area contributed by atoms with Crippen molar-refractivity contribution in [1.82, 2.24) is 4.73 Å². The van der Waals surface area contributed by atoms with Crippen molar-refractivity contribution in [3.63, 3.8) is 0 Å². The summed E-state index contributed by atoms with van der Waals surface area (Å²) in [5.74, 6) is -1.18. The van der Waals surface area contributed by atoms with Crippen LogP contribution in [0.3, 0.4) is 0 Å². The maximum absolute atomic E-state index is 11.9. The first kappa shape index (κ1) is 23.1. The molecule has 0 amide bonds. The minimum absolute atomic E-state index is 0.142. The first-order valence-corrected chi connectivity index (χ1v) is 10.7. The second-order valence-electron chi connectivity index (χ2n) is 7.88. The SMILES string of the molecule is CC1=[N+](CCCCCC(=O)On2c(O)ccc2O)c2ccc(SOOO)cc2C1(C)C. The minimum atomic E-state index is -0.517. The lowest BCUT2D eigenvalue weighted by Gasteiger charge is -2.15. The summed E-state index contributed by atoms with van der Waals surface area (Å²) in [6.45, 7) is 7.27. The van der Waals surface area contributed by atoms with E-state index in [4.69, 9.17) is 10.1 Å². The summed E-state index contributed by atoms with van der Waals surface area (Å²) in [5.41, 5.74) is 3.40. The molecule has 2 aromatic rings. The van der Waals surface area contributed by atoms with Crippen molar-refractivity contribution in [3.8, 4) is 11.8 Å². The Bertz CT molecular complexity index is 965. The van der Waals surface area contributed by atoms with Crippen LogP contribution < -0.4 is 4.84 Å². The fourth-order valence-corrected chi connectivity index (χ4v) is 4.12. The van der Waals surface area contributed by atoms with Gasteiger partial charge in [0.2, 0.25) is 17.4 Å². The first-order chi connectivity index (χ1) is 14.8. The molecular formula is C21H27N2O7S+. The summed E-state index contributed by atoms with van der Waals surface area (Å²) in [6, 6.07) is 8.46. The van der Waals surface area contributed by atoms with Gasteiger partial charge >= 0.3 is 5.97 Å². The van der Waals surface area contributed by atoms with Crippen molar-refractivity contribution in [2.75, 3.05) is 6.54 Å². The summed E-state index contributed by atoms with van der Waals surface area (Å²) in [5, 5.41) is 31.1. The van der Waals surface area contributed by atoms with Crippen LogP contribution in [0.2, 0.25) is 0 Å². The molecule has 3 N–H and O–H groups in total. The molecule has 1 aromatic heterocycles. The van der Waals surface area contributed by atoms with Gasteiger partial charge in [0, 0.05) is 48.4 Å². The second kappa shape index (κ2) is 9.73. The largest absolute Gasteiger partial charge is 0.492 e. The van der Waals surface area contributed by atoms with Gasteiger partial charge in [0.05, 0.1) is 17.5 Å². The molecular weight excluding hydrogens is 424 g/mol. The van der Waals surface area contributed by atoms with Gasteiger partial charge in [0.15, 0.2) is 5.71 Å². The van der Waals surface area contributed by atoms with Crippen LogP contribution in [0.5, 0.6) is 11.8 Å². The van der Waals surface area contributed by atoms with Gasteiger partial charge < -0.3 is 15.1 Å². The maximum Gasteiger partial charge on any atom is 0.333 e. The summed E-state index contributed by atoms with van der Waals surface area (Å²) in [4.78, 5) is 17.7. The highest BCUT2D eigenvalue weighted by Crippen LogP contribution is 2.41. The van der Waals surface area contributed by atoms with Crippen molar-refractivity contribution in [3.05, 3.63) is 35.9 Å². The highest BCUT2D eigenvalue weighted by Gasteiger charge is 2.42. The van der Waals surface area contributed by atoms with E-state index < -0.39 is 5.97 Å². The number of rotatable bonds is 10. The third-order valence-corrected chi connectivity index (χ3v) is 6.23. The molecule has 168 valence electrons. The van der Waals surface area contributed by atoms with E-state index in [1.165, 1.54) is 23.4 Å². The minimum Gasteiger partial charge on any atom is -0.492 e. The zero-order valence-corrected chi connectivity index (χ0v) is 18.5. The number of aromatic nitrogens is 1. The third-order valence-electron chi connectivity index (χ3n) is 5.66. The molecule has 1 aliphatic rings. The molecule has 0 saturated carbocycles. The summed E-state index contributed by atoms with van der Waals surface area (Å²) >= 11 is 0.943. The van der Waals surface area contributed by atoms with Crippen LogP contribution >= 0.6 is 12.0 Å². The molecule has 1 aliphatic heterocycles. The highest BCUT2D eigenvalue weighted by atomic mass is 32.2. The van der Waals surface area contributed by atoms with Gasteiger partial charge in [-0.3, -0.25) is 0 Å². The van der Waals surface area contributed by atoms with E-state index in [1.807, 2.05) is 18.2 Å². The molecule has 0 atom stereocenters. The lowest BCUT2D eigenvalue weighted by molar-refractivity contribution is -0.439. The second-order valence-corrected chi connectivity index (χ2v) is 8.66. The molecule has 0 bridgehead atoms. The highest BCUT2D eigenvalue weighted by molar-refractivity contribution is 7.94. The van der Waals surface area contributed by atoms with E-state index in [1.54, 1.807) is 0 Å². The third kappa shape index (κ3) is 5.04. The number of unbranched alkanes of at least 4 members (excludes halogenated alkanes) is 2. The normalized spacial score (nSPS) is 14.7. The molecule has 0 radical (unpaired) electrons. The van der Waals surface area contributed by atoms with Gasteiger partial charge in [-0.25, -0.2) is 10.1 Å². The molecule has 9 nitrogen and oxygen atoms in total. The van der Waals surface area contributed by atoms with Gasteiger partial charge in [0.25, 0.3) is 0 Å². The quantitative estimate of drug-likeness (QED) is 0.164. The van der Waals surface area contributed by atoms with Crippen molar-refractivity contribution < 1.29 is 39.1 Å². The number of fused-ring (bicyclic) bond motifs is 1. The van der Waals surface area contributed by atoms with Crippen LogP contribution in [0.15, 0.2) is 35.2 Å². The van der Waals surface area contributed by atoms with Crippen LogP contribution in [0.1, 0.15) is 52.0 Å². The van der Waals surface area contributed by atoms with Gasteiger partial charge in [-0.15, -0.1) is 9.06 Å². The van der Waals surface area contributed by atoms with Gasteiger partial charge in [-0.2, -0.15) is 4.58 Å². The van der Waals surface area contributed by atoms with E-state index in [0.29, 0.717) is 11.2 Å². The number of hydrogen-bond acceptors (Lipinski definition) is 8. The summed E-state index contributed by atoms with van der Waals surface area (Å²) in [6.07, 6.45) is 2.54. The maximum atomic E-state index is 11.9. The zero-order valence-electron chi connectivity index (χ0n) is 17.7. The van der Waals surface area contributed by atoms with E-state index >= 15 is 0 Å². The fourth-order valence-electron chi connectivity index (χ4n) is 3.72. The number of hydrogen-bond donors (Lipinski definition) is 3. The number of carbonyl (C=O) groups excluding carboxylic acids is 1. The molecule has 0 unspecified atom stereocenters. The Morgan fingerprint density at radius 1 is 1.13 bits per heavy atom. The van der Waals surface area contributed by atoms with Crippen molar-refractivity contribution in [2.24, 2.45) is 0 Å². The Morgan fingerprint density at radius 3 is 2.52 bits per heavy atom. The smallest absolute Gasteiger partial charge is 0.333 e. The van der Waals surface area contributed by atoms with Crippen LogP contribution in [-0.4, -0.2) is 43.0 Å². The Morgan fingerprint density at radius 2 is 1.84 bits per heavy atom. The molecule has 1 aromatic carbocycles. The van der Waals surface area contributed by atoms with Crippen LogP contribution in [-0.2, 0) is 19.6 Å². The van der Waals surface area contributed by atoms with Crippen LogP contribution in [0.4, 0.5) is 5.69 Å². The van der Waals surface area contributed by atoms with E-state index in [2.05, 4.69) is 34.7 Å². The monoisotopic (exact) mass is 451 g/mol. The summed E-state index contributed by atoms with van der Waals surface area (Å²) in [7, 11) is 0. The van der Waals surface area contributed by atoms with Crippen LogP contribution in [0.25, 0.3) is 0 Å². The lowest BCUT2D eigenvalue weighted by Crippen LogP contribution is -2.26. The number of carbonyl (C=O) groups is 1. The molecule has 0 fully saturated rings. The Kier molecular flexibility index (Phi) is 7.26. The molecule has 31 heavy (non-hydrogen) atoms. The first-order valence-electron chi connectivity index (χ1n) is 9.97. The fraction of sp³-hybridized carbons (Fsp3) is 0.429. The van der Waals surface area contributed by atoms with Gasteiger partial charge in [-0.1, -0.05) is 5.04 Å².